The van der Waals surface area contributed by atoms with E-state index in [4.69, 9.17) is 0 Å². The van der Waals surface area contributed by atoms with E-state index < -0.39 is 36.0 Å². The number of alkyl halides is 10. The summed E-state index contributed by atoms with van der Waals surface area (Å²) in [7, 11) is 0. The Hall–Kier alpha value is -0.700. The van der Waals surface area contributed by atoms with Crippen molar-refractivity contribution >= 4 is 0 Å². The minimum absolute atomic E-state index is 0.434. The summed E-state index contributed by atoms with van der Waals surface area (Å²) >= 11 is 0. The van der Waals surface area contributed by atoms with Crippen LogP contribution < -0.4 is 0 Å². The van der Waals surface area contributed by atoms with Crippen LogP contribution in [0.1, 0.15) is 13.8 Å². The molecule has 0 aromatic carbocycles. The number of hydrogen-bond acceptors (Lipinski definition) is 0. The van der Waals surface area contributed by atoms with Gasteiger partial charge < -0.3 is 0 Å². The van der Waals surface area contributed by atoms with Gasteiger partial charge in [-0.15, -0.1) is 0 Å². The van der Waals surface area contributed by atoms with E-state index in [-0.39, 0.29) is 0 Å². The first-order valence-electron chi connectivity index (χ1n) is 4.46. The summed E-state index contributed by atoms with van der Waals surface area (Å²) in [5.74, 6) is -18.8. The maximum absolute atomic E-state index is 12.8. The van der Waals surface area contributed by atoms with Crippen LogP contribution in [0.3, 0.4) is 0 Å². The highest BCUT2D eigenvalue weighted by Crippen LogP contribution is 2.54. The second-order valence-electron chi connectivity index (χ2n) is 3.96. The molecule has 0 bridgehead atoms. The molecule has 0 nitrogen and oxygen atoms in total. The van der Waals surface area contributed by atoms with E-state index in [0.29, 0.717) is 13.8 Å². The minimum atomic E-state index is -6.49. The van der Waals surface area contributed by atoms with Gasteiger partial charge in [-0.25, -0.2) is 0 Å². The Morgan fingerprint density at radius 2 is 0.778 bits per heavy atom. The van der Waals surface area contributed by atoms with E-state index in [9.17, 15) is 43.9 Å². The average molecular weight is 294 g/mol. The van der Waals surface area contributed by atoms with Gasteiger partial charge in [0.1, 0.15) is 5.92 Å². The normalized spacial score (nSPS) is 15.7. The Morgan fingerprint density at radius 3 is 0.889 bits per heavy atom. The molecule has 0 aromatic heterocycles. The van der Waals surface area contributed by atoms with Gasteiger partial charge in [0.25, 0.3) is 0 Å². The molecule has 18 heavy (non-hydrogen) atoms. The molecular formula is C8H8F10. The monoisotopic (exact) mass is 294 g/mol. The van der Waals surface area contributed by atoms with Gasteiger partial charge in [-0.3, -0.25) is 0 Å². The van der Waals surface area contributed by atoms with Crippen molar-refractivity contribution in [3.05, 3.63) is 0 Å². The van der Waals surface area contributed by atoms with Gasteiger partial charge in [0.05, 0.1) is 0 Å². The van der Waals surface area contributed by atoms with Gasteiger partial charge in [-0.05, 0) is 5.92 Å². The van der Waals surface area contributed by atoms with Crippen molar-refractivity contribution < 1.29 is 43.9 Å². The molecule has 0 unspecified atom stereocenters. The predicted octanol–water partition coefficient (Wildman–Crippen LogP) is 4.65. The summed E-state index contributed by atoms with van der Waals surface area (Å²) in [6.45, 7) is 0.869. The van der Waals surface area contributed by atoms with E-state index in [1.807, 2.05) is 0 Å². The number of hydrogen-bond donors (Lipinski definition) is 0. The van der Waals surface area contributed by atoms with Crippen molar-refractivity contribution in [1.29, 1.82) is 0 Å². The van der Waals surface area contributed by atoms with E-state index >= 15 is 0 Å². The van der Waals surface area contributed by atoms with Crippen LogP contribution >= 0.6 is 0 Å². The molecule has 0 aliphatic carbocycles. The van der Waals surface area contributed by atoms with Crippen LogP contribution in [0.2, 0.25) is 0 Å². The fraction of sp³-hybridized carbons (Fsp3) is 1.00. The highest BCUT2D eigenvalue weighted by atomic mass is 19.4. The van der Waals surface area contributed by atoms with Gasteiger partial charge >= 0.3 is 24.2 Å². The molecule has 0 fully saturated rings. The maximum atomic E-state index is 12.8. The van der Waals surface area contributed by atoms with Crippen molar-refractivity contribution in [2.45, 2.75) is 38.0 Å². The van der Waals surface area contributed by atoms with Crippen LogP contribution in [0.4, 0.5) is 43.9 Å². The molecule has 0 aromatic rings. The number of rotatable bonds is 3. The quantitative estimate of drug-likeness (QED) is 0.664. The van der Waals surface area contributed by atoms with Crippen molar-refractivity contribution in [2.75, 3.05) is 0 Å². The zero-order valence-electron chi connectivity index (χ0n) is 8.93. The Morgan fingerprint density at radius 1 is 0.556 bits per heavy atom. The van der Waals surface area contributed by atoms with Crippen molar-refractivity contribution in [2.24, 2.45) is 11.8 Å². The molecule has 110 valence electrons. The molecular weight excluding hydrogens is 286 g/mol. The van der Waals surface area contributed by atoms with Crippen molar-refractivity contribution in [3.63, 3.8) is 0 Å². The fourth-order valence-electron chi connectivity index (χ4n) is 1.42. The third-order valence-electron chi connectivity index (χ3n) is 2.20. The van der Waals surface area contributed by atoms with Crippen LogP contribution in [0.15, 0.2) is 0 Å². The first-order valence-corrected chi connectivity index (χ1v) is 4.46. The van der Waals surface area contributed by atoms with E-state index in [2.05, 4.69) is 0 Å². The van der Waals surface area contributed by atoms with Crippen molar-refractivity contribution in [1.82, 2.24) is 0 Å². The van der Waals surface area contributed by atoms with Crippen LogP contribution in [-0.4, -0.2) is 24.2 Å². The van der Waals surface area contributed by atoms with Crippen molar-refractivity contribution in [3.8, 4) is 0 Å². The van der Waals surface area contributed by atoms with Gasteiger partial charge in [0, 0.05) is 0 Å². The van der Waals surface area contributed by atoms with Crippen LogP contribution in [0, 0.1) is 11.8 Å². The Balaban J connectivity index is 5.77. The van der Waals surface area contributed by atoms with E-state index in [0.717, 1.165) is 0 Å². The van der Waals surface area contributed by atoms with E-state index in [1.165, 1.54) is 0 Å². The Kier molecular flexibility index (Phi) is 4.27. The lowest BCUT2D eigenvalue weighted by atomic mass is 9.83. The Bertz CT molecular complexity index is 257. The SMILES string of the molecule is CC(C)C(C(F)(F)C(F)(F)F)C(F)(F)C(F)(F)F. The van der Waals surface area contributed by atoms with Crippen LogP contribution in [-0.2, 0) is 0 Å². The molecule has 0 heterocycles. The average Bonchev–Trinajstić information content (AvgIpc) is 1.96. The fourth-order valence-corrected chi connectivity index (χ4v) is 1.42. The first-order chi connectivity index (χ1) is 7.57. The van der Waals surface area contributed by atoms with Crippen LogP contribution in [0.25, 0.3) is 0 Å². The molecule has 0 atom stereocenters. The topological polar surface area (TPSA) is 0 Å². The molecule has 10 heteroatoms. The van der Waals surface area contributed by atoms with Gasteiger partial charge in [0.2, 0.25) is 0 Å². The molecule has 0 spiro atoms. The summed E-state index contributed by atoms with van der Waals surface area (Å²) in [6, 6.07) is 0. The van der Waals surface area contributed by atoms with E-state index in [1.54, 1.807) is 0 Å². The standard InChI is InChI=1S/C8H8F10/c1-3(2)4(5(9,10)7(13,14)15)6(11,12)8(16,17)18/h3-4H,1-2H3. The third kappa shape index (κ3) is 2.82. The van der Waals surface area contributed by atoms with Crippen LogP contribution in [0.5, 0.6) is 0 Å². The zero-order chi connectivity index (χ0) is 15.2. The summed E-state index contributed by atoms with van der Waals surface area (Å²) in [5, 5.41) is 0. The first kappa shape index (κ1) is 17.3. The molecule has 0 rings (SSSR count). The molecule has 0 saturated carbocycles. The minimum Gasteiger partial charge on any atom is -0.196 e. The lowest BCUT2D eigenvalue weighted by Gasteiger charge is -2.37. The zero-order valence-corrected chi connectivity index (χ0v) is 8.93. The second kappa shape index (κ2) is 4.44. The lowest BCUT2D eigenvalue weighted by molar-refractivity contribution is -0.379. The summed E-state index contributed by atoms with van der Waals surface area (Å²) in [6.07, 6.45) is -13.0. The van der Waals surface area contributed by atoms with Gasteiger partial charge in [0.15, 0.2) is 0 Å². The molecule has 0 amide bonds. The molecule has 0 aliphatic rings. The van der Waals surface area contributed by atoms with Gasteiger partial charge in [-0.2, -0.15) is 43.9 Å². The summed E-state index contributed by atoms with van der Waals surface area (Å²) < 4.78 is 123. The Labute approximate surface area is 94.9 Å². The lowest BCUT2D eigenvalue weighted by Crippen LogP contribution is -2.58. The second-order valence-corrected chi connectivity index (χ2v) is 3.96. The molecule has 0 N–H and O–H groups in total. The van der Waals surface area contributed by atoms with Gasteiger partial charge in [-0.1, -0.05) is 13.8 Å². The largest absolute Gasteiger partial charge is 0.453 e. The highest BCUT2D eigenvalue weighted by molar-refractivity contribution is 4.97. The molecule has 0 aliphatic heterocycles. The maximum Gasteiger partial charge on any atom is 0.453 e. The summed E-state index contributed by atoms with van der Waals surface area (Å²) in [5.41, 5.74) is 0. The molecule has 0 saturated heterocycles. The highest BCUT2D eigenvalue weighted by Gasteiger charge is 2.76. The number of halogens is 10. The molecule has 0 radical (unpaired) electrons. The third-order valence-corrected chi connectivity index (χ3v) is 2.20. The predicted molar refractivity (Wildman–Crippen MR) is 40.3 cm³/mol. The summed E-state index contributed by atoms with van der Waals surface area (Å²) in [4.78, 5) is 0. The smallest absolute Gasteiger partial charge is 0.196 e.